The van der Waals surface area contributed by atoms with E-state index in [1.165, 1.54) is 18.3 Å². The molecule has 0 fully saturated rings. The van der Waals surface area contributed by atoms with Crippen LogP contribution in [0, 0.1) is 0 Å². The molecule has 0 radical (unpaired) electrons. The molecule has 0 aliphatic rings. The summed E-state index contributed by atoms with van der Waals surface area (Å²) in [7, 11) is 0. The number of hydrogen-bond acceptors (Lipinski definition) is 4. The highest BCUT2D eigenvalue weighted by atomic mass is 19.4. The van der Waals surface area contributed by atoms with Crippen LogP contribution < -0.4 is 15.4 Å². The molecule has 0 saturated carbocycles. The van der Waals surface area contributed by atoms with E-state index in [0.717, 1.165) is 0 Å². The third kappa shape index (κ3) is 8.13. The Balaban J connectivity index is 2.38. The number of hydrogen-bond donors (Lipinski definition) is 2. The van der Waals surface area contributed by atoms with Crippen LogP contribution in [-0.2, 0) is 4.79 Å². The maximum atomic E-state index is 12.0. The first kappa shape index (κ1) is 17.2. The highest BCUT2D eigenvalue weighted by molar-refractivity contribution is 5.90. The molecule has 0 unspecified atom stereocenters. The number of ether oxygens (including phenoxy) is 1. The van der Waals surface area contributed by atoms with E-state index in [1.807, 2.05) is 13.8 Å². The summed E-state index contributed by atoms with van der Waals surface area (Å²) in [6.45, 7) is 3.10. The van der Waals surface area contributed by atoms with Crippen molar-refractivity contribution >= 4 is 11.6 Å². The van der Waals surface area contributed by atoms with Crippen molar-refractivity contribution in [3.63, 3.8) is 0 Å². The molecule has 8 heteroatoms. The van der Waals surface area contributed by atoms with Gasteiger partial charge in [-0.15, -0.1) is 0 Å². The average molecular weight is 305 g/mol. The molecule has 0 aliphatic heterocycles. The Morgan fingerprint density at radius 1 is 1.38 bits per heavy atom. The Kier molecular flexibility index (Phi) is 6.41. The predicted octanol–water partition coefficient (Wildman–Crippen LogP) is 2.35. The molecule has 21 heavy (non-hydrogen) atoms. The van der Waals surface area contributed by atoms with Crippen LogP contribution in [0.3, 0.4) is 0 Å². The predicted molar refractivity (Wildman–Crippen MR) is 72.2 cm³/mol. The van der Waals surface area contributed by atoms with Crippen LogP contribution in [0.15, 0.2) is 18.3 Å². The van der Waals surface area contributed by atoms with Crippen LogP contribution in [0.1, 0.15) is 20.3 Å². The number of nitrogens with one attached hydrogen (secondary N) is 2. The number of alkyl halides is 3. The molecule has 0 saturated heterocycles. The quantitative estimate of drug-likeness (QED) is 0.811. The van der Waals surface area contributed by atoms with Crippen molar-refractivity contribution in [1.82, 2.24) is 10.3 Å². The second-order valence-corrected chi connectivity index (χ2v) is 4.70. The molecule has 1 aromatic heterocycles. The van der Waals surface area contributed by atoms with E-state index in [2.05, 4.69) is 20.4 Å². The number of halogens is 3. The first-order valence-corrected chi connectivity index (χ1v) is 6.45. The largest absolute Gasteiger partial charge is 0.468 e. The van der Waals surface area contributed by atoms with Crippen LogP contribution in [-0.4, -0.2) is 36.3 Å². The first-order chi connectivity index (χ1) is 9.76. The van der Waals surface area contributed by atoms with Gasteiger partial charge in [0.05, 0.1) is 11.9 Å². The van der Waals surface area contributed by atoms with E-state index < -0.39 is 12.8 Å². The van der Waals surface area contributed by atoms with Gasteiger partial charge in [-0.1, -0.05) is 13.8 Å². The highest BCUT2D eigenvalue weighted by Crippen LogP contribution is 2.18. The minimum Gasteiger partial charge on any atom is -0.468 e. The van der Waals surface area contributed by atoms with E-state index >= 15 is 0 Å². The molecule has 1 amide bonds. The summed E-state index contributed by atoms with van der Waals surface area (Å²) < 4.78 is 40.3. The highest BCUT2D eigenvalue weighted by Gasteiger charge is 2.28. The first-order valence-electron chi connectivity index (χ1n) is 6.45. The van der Waals surface area contributed by atoms with Crippen molar-refractivity contribution < 1.29 is 22.7 Å². The monoisotopic (exact) mass is 305 g/mol. The molecule has 0 atom stereocenters. The zero-order chi connectivity index (χ0) is 15.9. The van der Waals surface area contributed by atoms with Crippen LogP contribution in [0.4, 0.5) is 18.9 Å². The van der Waals surface area contributed by atoms with E-state index in [0.29, 0.717) is 24.7 Å². The number of nitrogens with zero attached hydrogens (tertiary/aromatic N) is 1. The van der Waals surface area contributed by atoms with Crippen LogP contribution in [0.2, 0.25) is 0 Å². The molecule has 0 aliphatic carbocycles. The van der Waals surface area contributed by atoms with Gasteiger partial charge >= 0.3 is 6.18 Å². The van der Waals surface area contributed by atoms with Crippen LogP contribution in [0.5, 0.6) is 5.88 Å². The fourth-order valence-electron chi connectivity index (χ4n) is 1.39. The van der Waals surface area contributed by atoms with E-state index in [4.69, 9.17) is 0 Å². The fraction of sp³-hybridized carbons (Fsp3) is 0.538. The molecule has 1 aromatic rings. The third-order valence-electron chi connectivity index (χ3n) is 2.31. The molecule has 5 nitrogen and oxygen atoms in total. The summed E-state index contributed by atoms with van der Waals surface area (Å²) in [6.07, 6.45) is -2.86. The molecule has 1 rings (SSSR count). The number of anilines is 1. The van der Waals surface area contributed by atoms with Crippen molar-refractivity contribution in [1.29, 1.82) is 0 Å². The van der Waals surface area contributed by atoms with Gasteiger partial charge in [-0.05, 0) is 6.07 Å². The number of amides is 1. The molecule has 0 aromatic carbocycles. The van der Waals surface area contributed by atoms with Crippen molar-refractivity contribution in [2.75, 3.05) is 18.5 Å². The van der Waals surface area contributed by atoms with E-state index in [9.17, 15) is 18.0 Å². The average Bonchev–Trinajstić information content (AvgIpc) is 2.36. The number of pyridine rings is 1. The van der Waals surface area contributed by atoms with Gasteiger partial charge in [-0.3, -0.25) is 4.79 Å². The zero-order valence-corrected chi connectivity index (χ0v) is 11.8. The fourth-order valence-corrected chi connectivity index (χ4v) is 1.39. The summed E-state index contributed by atoms with van der Waals surface area (Å²) in [5.41, 5.74) is 0.406. The minimum absolute atomic E-state index is 0.146. The molecule has 118 valence electrons. The maximum Gasteiger partial charge on any atom is 0.422 e. The molecular formula is C13H18F3N3O2. The number of rotatable bonds is 7. The Bertz CT molecular complexity index is 447. The van der Waals surface area contributed by atoms with Gasteiger partial charge in [0.2, 0.25) is 11.8 Å². The second-order valence-electron chi connectivity index (χ2n) is 4.70. The normalized spacial score (nSPS) is 11.5. The van der Waals surface area contributed by atoms with Gasteiger partial charge in [0.25, 0.3) is 0 Å². The summed E-state index contributed by atoms with van der Waals surface area (Å²) in [6, 6.07) is 3.00. The van der Waals surface area contributed by atoms with E-state index in [1.54, 1.807) is 0 Å². The number of aromatic nitrogens is 1. The maximum absolute atomic E-state index is 12.0. The molecule has 0 bridgehead atoms. The lowest BCUT2D eigenvalue weighted by atomic mass is 10.3. The zero-order valence-electron chi connectivity index (χ0n) is 11.8. The van der Waals surface area contributed by atoms with Crippen molar-refractivity contribution in [2.45, 2.75) is 32.5 Å². The summed E-state index contributed by atoms with van der Waals surface area (Å²) >= 11 is 0. The second kappa shape index (κ2) is 7.82. The van der Waals surface area contributed by atoms with Crippen LogP contribution in [0.25, 0.3) is 0 Å². The van der Waals surface area contributed by atoms with E-state index in [-0.39, 0.29) is 11.8 Å². The molecular weight excluding hydrogens is 287 g/mol. The topological polar surface area (TPSA) is 63.2 Å². The molecule has 1 heterocycles. The summed E-state index contributed by atoms with van der Waals surface area (Å²) in [4.78, 5) is 15.3. The van der Waals surface area contributed by atoms with Gasteiger partial charge in [0, 0.05) is 25.1 Å². The lowest BCUT2D eigenvalue weighted by Crippen LogP contribution is -2.27. The lowest BCUT2D eigenvalue weighted by Gasteiger charge is -2.10. The number of carbonyl (C=O) groups is 1. The van der Waals surface area contributed by atoms with Crippen LogP contribution >= 0.6 is 0 Å². The summed E-state index contributed by atoms with van der Waals surface area (Å²) in [5, 5.41) is 5.70. The smallest absolute Gasteiger partial charge is 0.422 e. The van der Waals surface area contributed by atoms with Crippen molar-refractivity contribution in [3.05, 3.63) is 18.3 Å². The Morgan fingerprint density at radius 2 is 2.10 bits per heavy atom. The molecule has 0 spiro atoms. The van der Waals surface area contributed by atoms with Gasteiger partial charge in [-0.25, -0.2) is 4.98 Å². The van der Waals surface area contributed by atoms with Gasteiger partial charge in [0.1, 0.15) is 0 Å². The Hall–Kier alpha value is -1.83. The van der Waals surface area contributed by atoms with Gasteiger partial charge in [-0.2, -0.15) is 13.2 Å². The number of carbonyl (C=O) groups excluding carboxylic acids is 1. The van der Waals surface area contributed by atoms with Crippen molar-refractivity contribution in [3.8, 4) is 5.88 Å². The minimum atomic E-state index is -4.40. The van der Waals surface area contributed by atoms with Gasteiger partial charge in [0.15, 0.2) is 6.61 Å². The summed E-state index contributed by atoms with van der Waals surface area (Å²) in [5.74, 6) is -0.347. The Labute approximate surface area is 120 Å². The SMILES string of the molecule is CC(C)NCCC(=O)Nc1ccc(OCC(F)(F)F)nc1. The lowest BCUT2D eigenvalue weighted by molar-refractivity contribution is -0.154. The third-order valence-corrected chi connectivity index (χ3v) is 2.31. The van der Waals surface area contributed by atoms with Crippen molar-refractivity contribution in [2.24, 2.45) is 0 Å². The Morgan fingerprint density at radius 3 is 2.62 bits per heavy atom. The standard InChI is InChI=1S/C13H18F3N3O2/c1-9(2)17-6-5-11(20)19-10-3-4-12(18-7-10)21-8-13(14,15)16/h3-4,7,9,17H,5-6,8H2,1-2H3,(H,19,20). The molecule has 2 N–H and O–H groups in total. The van der Waals surface area contributed by atoms with Gasteiger partial charge < -0.3 is 15.4 Å².